The minimum absolute atomic E-state index is 0.145. The number of carbonyl (C=O) groups excluding carboxylic acids is 2. The molecule has 5 N–H and O–H groups in total. The lowest BCUT2D eigenvalue weighted by atomic mass is 10.1. The third-order valence-electron chi connectivity index (χ3n) is 6.56. The van der Waals surface area contributed by atoms with E-state index in [1.165, 1.54) is 7.11 Å². The van der Waals surface area contributed by atoms with Gasteiger partial charge in [-0.2, -0.15) is 5.10 Å². The molecule has 1 amide bonds. The van der Waals surface area contributed by atoms with Gasteiger partial charge in [-0.15, -0.1) is 0 Å². The van der Waals surface area contributed by atoms with Crippen molar-refractivity contribution in [3.05, 3.63) is 82.5 Å². The van der Waals surface area contributed by atoms with Crippen molar-refractivity contribution in [1.29, 1.82) is 5.41 Å². The Balaban J connectivity index is 1.50. The molecule has 0 radical (unpaired) electrons. The van der Waals surface area contributed by atoms with Gasteiger partial charge < -0.3 is 21.1 Å². The molecule has 0 aliphatic rings. The fraction of sp³-hybridized carbons (Fsp3) is 0.267. The lowest BCUT2D eigenvalue weighted by Gasteiger charge is -2.16. The summed E-state index contributed by atoms with van der Waals surface area (Å²) in [7, 11) is 1.29. The van der Waals surface area contributed by atoms with E-state index in [1.807, 2.05) is 41.1 Å². The first-order valence-corrected chi connectivity index (χ1v) is 14.0. The molecule has 41 heavy (non-hydrogen) atoms. The minimum Gasteiger partial charge on any atom is -0.467 e. The predicted molar refractivity (Wildman–Crippen MR) is 163 cm³/mol. The molecule has 0 fully saturated rings. The van der Waals surface area contributed by atoms with Gasteiger partial charge in [0.2, 0.25) is 5.91 Å². The van der Waals surface area contributed by atoms with E-state index < -0.39 is 12.0 Å². The van der Waals surface area contributed by atoms with E-state index in [4.69, 9.17) is 44.2 Å². The molecule has 11 heteroatoms. The highest BCUT2D eigenvalue weighted by atomic mass is 35.5. The van der Waals surface area contributed by atoms with Gasteiger partial charge >= 0.3 is 5.97 Å². The molecule has 4 rings (SSSR count). The number of nitrogens with zero attached hydrogens (tertiary/aromatic N) is 2. The van der Waals surface area contributed by atoms with Gasteiger partial charge in [-0.1, -0.05) is 53.5 Å². The van der Waals surface area contributed by atoms with Gasteiger partial charge in [-0.3, -0.25) is 10.2 Å². The normalized spacial score (nSPS) is 11.7. The van der Waals surface area contributed by atoms with Crippen LogP contribution in [0.4, 0.5) is 0 Å². The number of hydrogen-bond donors (Lipinski definition) is 4. The monoisotopic (exact) mass is 594 g/mol. The van der Waals surface area contributed by atoms with Crippen LogP contribution in [0.25, 0.3) is 27.7 Å². The quantitative estimate of drug-likeness (QED) is 0.0766. The molecule has 0 aliphatic heterocycles. The number of fused-ring (bicyclic) bond motifs is 1. The van der Waals surface area contributed by atoms with Crippen molar-refractivity contribution in [2.75, 3.05) is 13.7 Å². The van der Waals surface area contributed by atoms with E-state index >= 15 is 0 Å². The topological polar surface area (TPSA) is 135 Å². The number of halogens is 2. The van der Waals surface area contributed by atoms with Crippen LogP contribution in [-0.2, 0) is 20.7 Å². The van der Waals surface area contributed by atoms with Crippen LogP contribution in [0.1, 0.15) is 31.4 Å². The molecule has 0 bridgehead atoms. The third kappa shape index (κ3) is 8.22. The highest BCUT2D eigenvalue weighted by molar-refractivity contribution is 6.35. The fourth-order valence-corrected chi connectivity index (χ4v) is 5.12. The number of carbonyl (C=O) groups is 2. The Morgan fingerprint density at radius 2 is 1.76 bits per heavy atom. The van der Waals surface area contributed by atoms with Crippen molar-refractivity contribution < 1.29 is 14.3 Å². The summed E-state index contributed by atoms with van der Waals surface area (Å²) in [6.45, 7) is 0.414. The molecular formula is C30H32Cl2N6O3. The van der Waals surface area contributed by atoms with Crippen molar-refractivity contribution in [2.45, 2.75) is 38.1 Å². The van der Waals surface area contributed by atoms with Crippen LogP contribution >= 0.6 is 23.2 Å². The van der Waals surface area contributed by atoms with E-state index in [-0.39, 0.29) is 18.3 Å². The summed E-state index contributed by atoms with van der Waals surface area (Å²) in [5, 5.41) is 20.8. The highest BCUT2D eigenvalue weighted by Gasteiger charge is 2.21. The summed E-state index contributed by atoms with van der Waals surface area (Å²) in [5.74, 6) is -0.910. The Labute approximate surface area is 248 Å². The van der Waals surface area contributed by atoms with Gasteiger partial charge in [0.05, 0.1) is 18.5 Å². The van der Waals surface area contributed by atoms with Crippen LogP contribution < -0.4 is 16.4 Å². The SMILES string of the molecule is COC(=O)[C@H](CCCNC(=N)N)NC(=O)CCCc1cc(-c2cc(Cl)cc(Cl)c2)nn1-c1ccc2ccccc2c1. The second kappa shape index (κ2) is 14.0. The van der Waals surface area contributed by atoms with E-state index in [9.17, 15) is 9.59 Å². The largest absolute Gasteiger partial charge is 0.467 e. The van der Waals surface area contributed by atoms with Crippen molar-refractivity contribution in [3.8, 4) is 16.9 Å². The molecular weight excluding hydrogens is 563 g/mol. The highest BCUT2D eigenvalue weighted by Crippen LogP contribution is 2.29. The first-order valence-electron chi connectivity index (χ1n) is 13.2. The van der Waals surface area contributed by atoms with Crippen LogP contribution in [0.5, 0.6) is 0 Å². The molecule has 9 nitrogen and oxygen atoms in total. The van der Waals surface area contributed by atoms with Crippen LogP contribution in [0.2, 0.25) is 10.0 Å². The Morgan fingerprint density at radius 3 is 2.46 bits per heavy atom. The number of rotatable bonds is 12. The lowest BCUT2D eigenvalue weighted by Crippen LogP contribution is -2.42. The zero-order valence-corrected chi connectivity index (χ0v) is 24.1. The van der Waals surface area contributed by atoms with E-state index in [2.05, 4.69) is 34.9 Å². The molecule has 1 aromatic heterocycles. The van der Waals surface area contributed by atoms with Crippen molar-refractivity contribution in [2.24, 2.45) is 5.73 Å². The molecule has 1 heterocycles. The number of hydrogen-bond acceptors (Lipinski definition) is 5. The minimum atomic E-state index is -0.774. The molecule has 3 aromatic carbocycles. The summed E-state index contributed by atoms with van der Waals surface area (Å²) in [5.41, 5.74) is 8.61. The summed E-state index contributed by atoms with van der Waals surface area (Å²) in [4.78, 5) is 25.0. The van der Waals surface area contributed by atoms with Gasteiger partial charge in [0.15, 0.2) is 5.96 Å². The number of methoxy groups -OCH3 is 1. The number of benzene rings is 3. The van der Waals surface area contributed by atoms with Crippen LogP contribution in [0, 0.1) is 5.41 Å². The molecule has 0 aliphatic carbocycles. The second-order valence-electron chi connectivity index (χ2n) is 9.60. The zero-order chi connectivity index (χ0) is 29.4. The molecule has 0 saturated carbocycles. The Hall–Kier alpha value is -4.08. The van der Waals surface area contributed by atoms with Crippen LogP contribution in [-0.4, -0.2) is 47.3 Å². The summed E-state index contributed by atoms with van der Waals surface area (Å²) >= 11 is 12.5. The zero-order valence-electron chi connectivity index (χ0n) is 22.6. The number of amides is 1. The summed E-state index contributed by atoms with van der Waals surface area (Å²) < 4.78 is 6.73. The first kappa shape index (κ1) is 29.9. The average molecular weight is 596 g/mol. The Morgan fingerprint density at radius 1 is 1.02 bits per heavy atom. The van der Waals surface area contributed by atoms with E-state index in [1.54, 1.807) is 6.07 Å². The van der Waals surface area contributed by atoms with Crippen LogP contribution in [0.15, 0.2) is 66.7 Å². The van der Waals surface area contributed by atoms with Crippen molar-refractivity contribution in [3.63, 3.8) is 0 Å². The molecule has 4 aromatic rings. The average Bonchev–Trinajstić information content (AvgIpc) is 3.37. The van der Waals surface area contributed by atoms with Gasteiger partial charge in [0, 0.05) is 34.3 Å². The molecule has 214 valence electrons. The van der Waals surface area contributed by atoms with Gasteiger partial charge in [0.1, 0.15) is 6.04 Å². The maximum absolute atomic E-state index is 12.8. The Bertz CT molecular complexity index is 1530. The number of nitrogens with one attached hydrogen (secondary N) is 3. The number of nitrogens with two attached hydrogens (primary N) is 1. The van der Waals surface area contributed by atoms with Crippen molar-refractivity contribution in [1.82, 2.24) is 20.4 Å². The number of guanidine groups is 1. The van der Waals surface area contributed by atoms with Gasteiger partial charge in [-0.25, -0.2) is 9.48 Å². The number of aromatic nitrogens is 2. The Kier molecular flexibility index (Phi) is 10.2. The van der Waals surface area contributed by atoms with Gasteiger partial charge in [0.25, 0.3) is 0 Å². The van der Waals surface area contributed by atoms with E-state index in [0.29, 0.717) is 48.0 Å². The van der Waals surface area contributed by atoms with Crippen LogP contribution in [0.3, 0.4) is 0 Å². The number of aryl methyl sites for hydroxylation is 1. The maximum Gasteiger partial charge on any atom is 0.328 e. The summed E-state index contributed by atoms with van der Waals surface area (Å²) in [6, 6.07) is 20.8. The standard InChI is InChI=1S/C30H32Cl2N6O3/c1-41-29(40)26(9-5-13-35-30(33)34)36-28(39)10-4-8-24-18-27(21-14-22(31)17-23(32)15-21)37-38(24)25-12-11-19-6-2-3-7-20(19)16-25/h2-3,6-7,11-12,14-18,26H,4-5,8-10,13H2,1H3,(H,36,39)(H4,33,34,35)/t26-/m0/s1. The molecule has 0 saturated heterocycles. The maximum atomic E-state index is 12.8. The second-order valence-corrected chi connectivity index (χ2v) is 10.5. The number of esters is 1. The van der Waals surface area contributed by atoms with Gasteiger partial charge in [-0.05, 0) is 72.9 Å². The smallest absolute Gasteiger partial charge is 0.328 e. The molecule has 0 spiro atoms. The molecule has 1 atom stereocenters. The fourth-order valence-electron chi connectivity index (χ4n) is 4.59. The summed E-state index contributed by atoms with van der Waals surface area (Å²) in [6.07, 6.45) is 2.19. The third-order valence-corrected chi connectivity index (χ3v) is 7.00. The predicted octanol–water partition coefficient (Wildman–Crippen LogP) is 5.24. The van der Waals surface area contributed by atoms with Crippen molar-refractivity contribution >= 4 is 51.8 Å². The first-order chi connectivity index (χ1) is 19.7. The molecule has 0 unspecified atom stereocenters. The van der Waals surface area contributed by atoms with E-state index in [0.717, 1.165) is 27.7 Å². The lowest BCUT2D eigenvalue weighted by molar-refractivity contribution is -0.145. The number of ether oxygens (including phenoxy) is 1.